The molecule has 0 saturated heterocycles. The number of para-hydroxylation sites is 1. The van der Waals surface area contributed by atoms with E-state index in [2.05, 4.69) is 20.6 Å². The number of halogens is 4. The molecule has 0 radical (unpaired) electrons. The summed E-state index contributed by atoms with van der Waals surface area (Å²) in [4.78, 5) is 20.0. The fourth-order valence-electron chi connectivity index (χ4n) is 2.03. The molecule has 0 aliphatic heterocycles. The molecule has 1 amide bonds. The van der Waals surface area contributed by atoms with Crippen LogP contribution in [0.1, 0.15) is 10.4 Å². The fourth-order valence-corrected chi connectivity index (χ4v) is 2.36. The summed E-state index contributed by atoms with van der Waals surface area (Å²) in [5.41, 5.74) is 0.0794. The van der Waals surface area contributed by atoms with E-state index >= 15 is 0 Å². The number of carbonyl (C=O) groups excluding carboxylic acids is 1. The number of hydrogen-bond donors (Lipinski definition) is 2. The summed E-state index contributed by atoms with van der Waals surface area (Å²) in [6.07, 6.45) is 2.42. The Hall–Kier alpha value is -2.77. The van der Waals surface area contributed by atoms with Gasteiger partial charge >= 0.3 is 0 Å². The lowest BCUT2D eigenvalue weighted by Crippen LogP contribution is -2.13. The van der Waals surface area contributed by atoms with Crippen LogP contribution in [0.5, 0.6) is 0 Å². The van der Waals surface area contributed by atoms with Crippen molar-refractivity contribution < 1.29 is 13.6 Å². The van der Waals surface area contributed by atoms with Crippen LogP contribution in [-0.4, -0.2) is 15.9 Å². The summed E-state index contributed by atoms with van der Waals surface area (Å²) in [5.74, 6) is -2.15. The lowest BCUT2D eigenvalue weighted by molar-refractivity contribution is 0.102. The van der Waals surface area contributed by atoms with Gasteiger partial charge in [0, 0.05) is 17.4 Å². The van der Waals surface area contributed by atoms with Crippen LogP contribution in [0.15, 0.2) is 48.8 Å². The van der Waals surface area contributed by atoms with E-state index in [0.717, 1.165) is 12.1 Å². The van der Waals surface area contributed by atoms with Gasteiger partial charge in [-0.3, -0.25) is 4.79 Å². The van der Waals surface area contributed by atoms with Crippen LogP contribution in [0.4, 0.5) is 26.1 Å². The number of anilines is 3. The molecule has 0 aliphatic carbocycles. The molecule has 2 aromatic carbocycles. The molecule has 0 bridgehead atoms. The quantitative estimate of drug-likeness (QED) is 0.648. The summed E-state index contributed by atoms with van der Waals surface area (Å²) in [6, 6.07) is 8.07. The van der Waals surface area contributed by atoms with E-state index in [-0.39, 0.29) is 17.2 Å². The Labute approximate surface area is 157 Å². The largest absolute Gasteiger partial charge is 0.320 e. The maximum Gasteiger partial charge on any atom is 0.258 e. The van der Waals surface area contributed by atoms with Crippen molar-refractivity contribution in [1.82, 2.24) is 9.97 Å². The minimum atomic E-state index is -0.786. The molecule has 9 heteroatoms. The molecule has 0 spiro atoms. The van der Waals surface area contributed by atoms with Gasteiger partial charge in [-0.05, 0) is 30.3 Å². The maximum absolute atomic E-state index is 13.6. The van der Waals surface area contributed by atoms with Crippen LogP contribution in [0.2, 0.25) is 10.0 Å². The van der Waals surface area contributed by atoms with E-state index in [1.54, 1.807) is 12.1 Å². The molecule has 2 N–H and O–H groups in total. The molecule has 132 valence electrons. The van der Waals surface area contributed by atoms with Crippen molar-refractivity contribution >= 4 is 46.4 Å². The Kier molecular flexibility index (Phi) is 5.29. The molecule has 26 heavy (non-hydrogen) atoms. The average molecular weight is 395 g/mol. The first-order chi connectivity index (χ1) is 12.4. The second-order valence-corrected chi connectivity index (χ2v) is 5.94. The Bertz CT molecular complexity index is 947. The highest BCUT2D eigenvalue weighted by atomic mass is 35.5. The van der Waals surface area contributed by atoms with Gasteiger partial charge in [-0.15, -0.1) is 0 Å². The third kappa shape index (κ3) is 4.07. The van der Waals surface area contributed by atoms with Gasteiger partial charge in [0.1, 0.15) is 17.3 Å². The first kappa shape index (κ1) is 18.0. The zero-order valence-electron chi connectivity index (χ0n) is 12.9. The first-order valence-electron chi connectivity index (χ1n) is 7.23. The van der Waals surface area contributed by atoms with Crippen molar-refractivity contribution in [2.24, 2.45) is 0 Å². The van der Waals surface area contributed by atoms with Crippen molar-refractivity contribution in [3.05, 3.63) is 76.0 Å². The minimum Gasteiger partial charge on any atom is -0.320 e. The van der Waals surface area contributed by atoms with Gasteiger partial charge in [-0.25, -0.2) is 18.7 Å². The summed E-state index contributed by atoms with van der Waals surface area (Å²) >= 11 is 11.9. The fraction of sp³-hybridized carbons (Fsp3) is 0. The third-order valence-corrected chi connectivity index (χ3v) is 3.85. The average Bonchev–Trinajstić information content (AvgIpc) is 2.62. The molecule has 0 aliphatic rings. The van der Waals surface area contributed by atoms with Gasteiger partial charge in [0.05, 0.1) is 16.3 Å². The van der Waals surface area contributed by atoms with Crippen LogP contribution in [0.3, 0.4) is 0 Å². The lowest BCUT2D eigenvalue weighted by Gasteiger charge is -2.09. The Morgan fingerprint density at radius 1 is 1.00 bits per heavy atom. The molecular weight excluding hydrogens is 385 g/mol. The van der Waals surface area contributed by atoms with E-state index in [9.17, 15) is 13.6 Å². The number of rotatable bonds is 4. The van der Waals surface area contributed by atoms with Gasteiger partial charge in [0.25, 0.3) is 5.91 Å². The SMILES string of the molecule is O=C(Nc1cc(Cl)ccc1Cl)c1cnc(Nc2c(F)cccc2F)nc1. The van der Waals surface area contributed by atoms with E-state index < -0.39 is 17.5 Å². The Morgan fingerprint density at radius 2 is 1.65 bits per heavy atom. The molecule has 0 atom stereocenters. The third-order valence-electron chi connectivity index (χ3n) is 3.29. The summed E-state index contributed by atoms with van der Waals surface area (Å²) in [5, 5.41) is 5.74. The molecule has 1 heterocycles. The highest BCUT2D eigenvalue weighted by Gasteiger charge is 2.12. The Morgan fingerprint density at radius 3 is 2.31 bits per heavy atom. The molecule has 0 fully saturated rings. The number of hydrogen-bond acceptors (Lipinski definition) is 4. The zero-order valence-corrected chi connectivity index (χ0v) is 14.4. The summed E-state index contributed by atoms with van der Waals surface area (Å²) < 4.78 is 27.2. The van der Waals surface area contributed by atoms with Crippen LogP contribution in [0, 0.1) is 11.6 Å². The molecule has 1 aromatic heterocycles. The van der Waals surface area contributed by atoms with Gasteiger partial charge in [-0.1, -0.05) is 29.3 Å². The second kappa shape index (κ2) is 7.63. The van der Waals surface area contributed by atoms with Crippen molar-refractivity contribution in [3.8, 4) is 0 Å². The maximum atomic E-state index is 13.6. The Balaban J connectivity index is 1.75. The van der Waals surface area contributed by atoms with Gasteiger partial charge < -0.3 is 10.6 Å². The van der Waals surface area contributed by atoms with Crippen LogP contribution >= 0.6 is 23.2 Å². The van der Waals surface area contributed by atoms with E-state index in [4.69, 9.17) is 23.2 Å². The van der Waals surface area contributed by atoms with E-state index in [0.29, 0.717) is 15.7 Å². The van der Waals surface area contributed by atoms with Crippen LogP contribution in [0.25, 0.3) is 0 Å². The highest BCUT2D eigenvalue weighted by molar-refractivity contribution is 6.35. The molecule has 0 unspecified atom stereocenters. The van der Waals surface area contributed by atoms with Crippen LogP contribution < -0.4 is 10.6 Å². The second-order valence-electron chi connectivity index (χ2n) is 5.10. The first-order valence-corrected chi connectivity index (χ1v) is 7.99. The number of nitrogens with one attached hydrogen (secondary N) is 2. The number of nitrogens with zero attached hydrogens (tertiary/aromatic N) is 2. The van der Waals surface area contributed by atoms with Gasteiger partial charge in [-0.2, -0.15) is 0 Å². The van der Waals surface area contributed by atoms with Crippen LogP contribution in [-0.2, 0) is 0 Å². The van der Waals surface area contributed by atoms with Crippen molar-refractivity contribution in [2.75, 3.05) is 10.6 Å². The van der Waals surface area contributed by atoms with Crippen molar-refractivity contribution in [3.63, 3.8) is 0 Å². The predicted octanol–water partition coefficient (Wildman–Crippen LogP) is 5.06. The number of amides is 1. The monoisotopic (exact) mass is 394 g/mol. The van der Waals surface area contributed by atoms with Crippen molar-refractivity contribution in [2.45, 2.75) is 0 Å². The molecule has 5 nitrogen and oxygen atoms in total. The normalized spacial score (nSPS) is 10.5. The molecule has 0 saturated carbocycles. The number of aromatic nitrogens is 2. The van der Waals surface area contributed by atoms with Gasteiger partial charge in [0.2, 0.25) is 5.95 Å². The number of carbonyl (C=O) groups is 1. The van der Waals surface area contributed by atoms with E-state index in [1.807, 2.05) is 0 Å². The molecular formula is C17H10Cl2F2N4O. The standard InChI is InChI=1S/C17H10Cl2F2N4O/c18-10-4-5-11(19)14(6-10)24-16(26)9-7-22-17(23-8-9)25-15-12(20)2-1-3-13(15)21/h1-8H,(H,24,26)(H,22,23,25). The smallest absolute Gasteiger partial charge is 0.258 e. The van der Waals surface area contributed by atoms with E-state index in [1.165, 1.54) is 24.5 Å². The minimum absolute atomic E-state index is 0.0636. The molecule has 3 aromatic rings. The van der Waals surface area contributed by atoms with Gasteiger partial charge in [0.15, 0.2) is 0 Å². The summed E-state index contributed by atoms with van der Waals surface area (Å²) in [6.45, 7) is 0. The lowest BCUT2D eigenvalue weighted by atomic mass is 10.2. The highest BCUT2D eigenvalue weighted by Crippen LogP contribution is 2.26. The topological polar surface area (TPSA) is 66.9 Å². The van der Waals surface area contributed by atoms with Crippen molar-refractivity contribution in [1.29, 1.82) is 0 Å². The molecule has 3 rings (SSSR count). The number of benzene rings is 2. The zero-order chi connectivity index (χ0) is 18.7. The summed E-state index contributed by atoms with van der Waals surface area (Å²) in [7, 11) is 0. The predicted molar refractivity (Wildman–Crippen MR) is 96.1 cm³/mol.